The standard InChI is InChI=1S/C14H18N2O2/c1-12(10-15)6-5-9-16-14(17)18-11-13-7-3-2-4-8-13/h2-4,7-8,12H,5-6,9,11H2,1H3,(H,16,17). The number of nitrogens with zero attached hydrogens (tertiary/aromatic N) is 1. The summed E-state index contributed by atoms with van der Waals surface area (Å²) in [6.45, 7) is 2.69. The zero-order chi connectivity index (χ0) is 13.2. The van der Waals surface area contributed by atoms with Gasteiger partial charge >= 0.3 is 6.09 Å². The van der Waals surface area contributed by atoms with Crippen molar-refractivity contribution in [3.8, 4) is 6.07 Å². The van der Waals surface area contributed by atoms with E-state index >= 15 is 0 Å². The summed E-state index contributed by atoms with van der Waals surface area (Å²) in [7, 11) is 0. The van der Waals surface area contributed by atoms with E-state index in [0.717, 1.165) is 18.4 Å². The molecule has 18 heavy (non-hydrogen) atoms. The Morgan fingerprint density at radius 1 is 1.44 bits per heavy atom. The van der Waals surface area contributed by atoms with E-state index < -0.39 is 6.09 Å². The zero-order valence-electron chi connectivity index (χ0n) is 10.6. The van der Waals surface area contributed by atoms with Crippen LogP contribution < -0.4 is 5.32 Å². The van der Waals surface area contributed by atoms with Gasteiger partial charge in [-0.3, -0.25) is 0 Å². The van der Waals surface area contributed by atoms with Crippen LogP contribution in [-0.2, 0) is 11.3 Å². The lowest BCUT2D eigenvalue weighted by Gasteiger charge is -2.07. The summed E-state index contributed by atoms with van der Waals surface area (Å²) in [6, 6.07) is 11.7. The van der Waals surface area contributed by atoms with Gasteiger partial charge in [0.05, 0.1) is 6.07 Å². The maximum Gasteiger partial charge on any atom is 0.407 e. The fourth-order valence-corrected chi connectivity index (χ4v) is 1.44. The average molecular weight is 246 g/mol. The van der Waals surface area contributed by atoms with Crippen molar-refractivity contribution in [1.29, 1.82) is 5.26 Å². The third-order valence-electron chi connectivity index (χ3n) is 2.52. The zero-order valence-corrected chi connectivity index (χ0v) is 10.6. The van der Waals surface area contributed by atoms with Crippen molar-refractivity contribution in [2.24, 2.45) is 5.92 Å². The van der Waals surface area contributed by atoms with E-state index in [-0.39, 0.29) is 12.5 Å². The van der Waals surface area contributed by atoms with Crippen molar-refractivity contribution in [2.45, 2.75) is 26.4 Å². The molecule has 1 rings (SSSR count). The number of amides is 1. The van der Waals surface area contributed by atoms with Crippen LogP contribution in [-0.4, -0.2) is 12.6 Å². The molecular weight excluding hydrogens is 228 g/mol. The summed E-state index contributed by atoms with van der Waals surface area (Å²) in [4.78, 5) is 11.3. The first kappa shape index (κ1) is 14.0. The first-order valence-electron chi connectivity index (χ1n) is 6.06. The molecule has 1 aromatic carbocycles. The van der Waals surface area contributed by atoms with Crippen molar-refractivity contribution < 1.29 is 9.53 Å². The minimum absolute atomic E-state index is 0.0344. The van der Waals surface area contributed by atoms with Gasteiger partial charge in [-0.2, -0.15) is 5.26 Å². The van der Waals surface area contributed by atoms with Gasteiger partial charge in [-0.05, 0) is 25.3 Å². The number of nitrogens with one attached hydrogen (secondary N) is 1. The Morgan fingerprint density at radius 3 is 2.83 bits per heavy atom. The largest absolute Gasteiger partial charge is 0.445 e. The van der Waals surface area contributed by atoms with Crippen LogP contribution in [0.3, 0.4) is 0 Å². The fourth-order valence-electron chi connectivity index (χ4n) is 1.44. The molecule has 1 aromatic rings. The molecule has 0 saturated heterocycles. The molecule has 0 aromatic heterocycles. The van der Waals surface area contributed by atoms with Gasteiger partial charge in [0, 0.05) is 12.5 Å². The number of ether oxygens (including phenoxy) is 1. The molecule has 0 bridgehead atoms. The molecule has 0 saturated carbocycles. The predicted octanol–water partition coefficient (Wildman–Crippen LogP) is 2.85. The highest BCUT2D eigenvalue weighted by Crippen LogP contribution is 2.03. The van der Waals surface area contributed by atoms with Gasteiger partial charge in [-0.15, -0.1) is 0 Å². The summed E-state index contributed by atoms with van der Waals surface area (Å²) in [5.74, 6) is 0.0344. The van der Waals surface area contributed by atoms with Crippen molar-refractivity contribution in [2.75, 3.05) is 6.54 Å². The second kappa shape index (κ2) is 8.13. The second-order valence-corrected chi connectivity index (χ2v) is 4.16. The summed E-state index contributed by atoms with van der Waals surface area (Å²) in [5.41, 5.74) is 0.964. The number of hydrogen-bond acceptors (Lipinski definition) is 3. The Hall–Kier alpha value is -2.02. The van der Waals surface area contributed by atoms with Crippen molar-refractivity contribution in [3.05, 3.63) is 35.9 Å². The monoisotopic (exact) mass is 246 g/mol. The van der Waals surface area contributed by atoms with Crippen molar-refractivity contribution in [1.82, 2.24) is 5.32 Å². The molecule has 1 amide bonds. The van der Waals surface area contributed by atoms with E-state index in [2.05, 4.69) is 11.4 Å². The van der Waals surface area contributed by atoms with Gasteiger partial charge in [0.15, 0.2) is 0 Å². The Balaban J connectivity index is 2.10. The fraction of sp³-hybridized carbons (Fsp3) is 0.429. The van der Waals surface area contributed by atoms with Crippen LogP contribution in [0, 0.1) is 17.2 Å². The highest BCUT2D eigenvalue weighted by molar-refractivity contribution is 5.67. The quantitative estimate of drug-likeness (QED) is 0.785. The second-order valence-electron chi connectivity index (χ2n) is 4.16. The summed E-state index contributed by atoms with van der Waals surface area (Å²) >= 11 is 0. The molecule has 1 atom stereocenters. The topological polar surface area (TPSA) is 62.1 Å². The molecule has 4 nitrogen and oxygen atoms in total. The number of carbonyl (C=O) groups is 1. The Kier molecular flexibility index (Phi) is 6.34. The van der Waals surface area contributed by atoms with Crippen LogP contribution in [0.5, 0.6) is 0 Å². The molecule has 0 aliphatic heterocycles. The van der Waals surface area contributed by atoms with Gasteiger partial charge in [0.25, 0.3) is 0 Å². The molecule has 0 fully saturated rings. The molecule has 0 aliphatic carbocycles. The molecule has 96 valence electrons. The molecule has 4 heteroatoms. The van der Waals surface area contributed by atoms with Gasteiger partial charge < -0.3 is 10.1 Å². The molecule has 0 aliphatic rings. The summed E-state index contributed by atoms with van der Waals surface area (Å²) in [5, 5.41) is 11.3. The minimum atomic E-state index is -0.413. The lowest BCUT2D eigenvalue weighted by Crippen LogP contribution is -2.25. The predicted molar refractivity (Wildman–Crippen MR) is 68.6 cm³/mol. The molecule has 0 spiro atoms. The van der Waals surface area contributed by atoms with E-state index in [1.54, 1.807) is 0 Å². The highest BCUT2D eigenvalue weighted by Gasteiger charge is 2.03. The highest BCUT2D eigenvalue weighted by atomic mass is 16.5. The van der Waals surface area contributed by atoms with E-state index in [9.17, 15) is 4.79 Å². The SMILES string of the molecule is CC(C#N)CCCNC(=O)OCc1ccccc1. The lowest BCUT2D eigenvalue weighted by molar-refractivity contribution is 0.139. The normalized spacial score (nSPS) is 11.3. The maximum absolute atomic E-state index is 11.3. The minimum Gasteiger partial charge on any atom is -0.445 e. The van der Waals surface area contributed by atoms with E-state index in [1.165, 1.54) is 0 Å². The first-order valence-corrected chi connectivity index (χ1v) is 6.06. The van der Waals surface area contributed by atoms with Gasteiger partial charge in [-0.1, -0.05) is 30.3 Å². The van der Waals surface area contributed by atoms with Crippen LogP contribution >= 0.6 is 0 Å². The average Bonchev–Trinajstić information content (AvgIpc) is 2.42. The number of nitriles is 1. The number of alkyl carbamates (subject to hydrolysis) is 1. The van der Waals surface area contributed by atoms with Crippen LogP contribution in [0.15, 0.2) is 30.3 Å². The molecule has 1 unspecified atom stereocenters. The number of hydrogen-bond donors (Lipinski definition) is 1. The van der Waals surface area contributed by atoms with Gasteiger partial charge in [0.1, 0.15) is 6.61 Å². The summed E-state index contributed by atoms with van der Waals surface area (Å²) in [6.07, 6.45) is 1.16. The number of benzene rings is 1. The Morgan fingerprint density at radius 2 is 2.17 bits per heavy atom. The first-order chi connectivity index (χ1) is 8.72. The van der Waals surface area contributed by atoms with Crippen molar-refractivity contribution >= 4 is 6.09 Å². The van der Waals surface area contributed by atoms with Crippen LogP contribution in [0.2, 0.25) is 0 Å². The van der Waals surface area contributed by atoms with Gasteiger partial charge in [0.2, 0.25) is 0 Å². The molecule has 0 radical (unpaired) electrons. The van der Waals surface area contributed by atoms with Crippen molar-refractivity contribution in [3.63, 3.8) is 0 Å². The summed E-state index contributed by atoms with van der Waals surface area (Å²) < 4.78 is 5.05. The Bertz CT molecular complexity index is 398. The lowest BCUT2D eigenvalue weighted by atomic mass is 10.1. The Labute approximate surface area is 108 Å². The van der Waals surface area contributed by atoms with Crippen LogP contribution in [0.25, 0.3) is 0 Å². The third kappa shape index (κ3) is 5.90. The van der Waals surface area contributed by atoms with Gasteiger partial charge in [-0.25, -0.2) is 4.79 Å². The van der Waals surface area contributed by atoms with Crippen LogP contribution in [0.4, 0.5) is 4.79 Å². The van der Waals surface area contributed by atoms with Crippen LogP contribution in [0.1, 0.15) is 25.3 Å². The number of rotatable bonds is 6. The third-order valence-corrected chi connectivity index (χ3v) is 2.52. The molecular formula is C14H18N2O2. The number of carbonyl (C=O) groups excluding carboxylic acids is 1. The van der Waals surface area contributed by atoms with E-state index in [0.29, 0.717) is 6.54 Å². The van der Waals surface area contributed by atoms with E-state index in [4.69, 9.17) is 10.00 Å². The van der Waals surface area contributed by atoms with E-state index in [1.807, 2.05) is 37.3 Å². The molecule has 0 heterocycles. The maximum atomic E-state index is 11.3. The molecule has 1 N–H and O–H groups in total. The smallest absolute Gasteiger partial charge is 0.407 e.